The van der Waals surface area contributed by atoms with E-state index >= 15 is 0 Å². The Hall–Kier alpha value is -0.855. The van der Waals surface area contributed by atoms with Crippen molar-refractivity contribution in [3.05, 3.63) is 28.7 Å². The Balaban J connectivity index is 2.74. The van der Waals surface area contributed by atoms with E-state index < -0.39 is 0 Å². The van der Waals surface area contributed by atoms with Gasteiger partial charge in [0.15, 0.2) is 0 Å². The van der Waals surface area contributed by atoms with Gasteiger partial charge in [0, 0.05) is 0 Å². The number of nitrogens with zero attached hydrogens (tertiary/aromatic N) is 1. The summed E-state index contributed by atoms with van der Waals surface area (Å²) in [5, 5.41) is 3.08. The molecule has 0 aromatic rings. The van der Waals surface area contributed by atoms with Crippen molar-refractivity contribution >= 4 is 7.85 Å². The largest absolute Gasteiger partial charge is 0.150 e. The van der Waals surface area contributed by atoms with Crippen LogP contribution >= 0.6 is 0 Å². The van der Waals surface area contributed by atoms with Gasteiger partial charge < -0.3 is 0 Å². The summed E-state index contributed by atoms with van der Waals surface area (Å²) in [5.74, 6) is 0.464. The molecule has 3 heteroatoms. The Bertz CT molecular complexity index is 210. The van der Waals surface area contributed by atoms with E-state index in [-0.39, 0.29) is 6.04 Å². The van der Waals surface area contributed by atoms with E-state index in [0.717, 1.165) is 12.0 Å². The molecule has 0 spiro atoms. The molecule has 0 amide bonds. The SMILES string of the molecule is BC1C=CC=C(C)C(N=O)C1. The monoisotopic (exact) mass is 149 g/mol. The molecule has 0 N–H and O–H groups in total. The fourth-order valence-electron chi connectivity index (χ4n) is 1.25. The first-order valence-electron chi connectivity index (χ1n) is 3.91. The molecule has 0 aromatic heterocycles. The van der Waals surface area contributed by atoms with Gasteiger partial charge in [0.05, 0.1) is 0 Å². The average Bonchev–Trinajstić information content (AvgIpc) is 2.13. The van der Waals surface area contributed by atoms with Gasteiger partial charge in [0.25, 0.3) is 0 Å². The zero-order chi connectivity index (χ0) is 8.27. The van der Waals surface area contributed by atoms with Gasteiger partial charge in [-0.3, -0.25) is 0 Å². The molecule has 0 bridgehead atoms. The molecule has 0 saturated heterocycles. The van der Waals surface area contributed by atoms with Crippen molar-refractivity contribution < 1.29 is 0 Å². The topological polar surface area (TPSA) is 29.4 Å². The van der Waals surface area contributed by atoms with E-state index in [1.165, 1.54) is 0 Å². The van der Waals surface area contributed by atoms with Crippen LogP contribution in [0.4, 0.5) is 0 Å². The smallest absolute Gasteiger partial charge is 0.113 e. The van der Waals surface area contributed by atoms with Crippen molar-refractivity contribution in [2.24, 2.45) is 5.18 Å². The Morgan fingerprint density at radius 3 is 3.09 bits per heavy atom. The molecule has 0 fully saturated rings. The minimum atomic E-state index is -0.111. The number of hydrogen-bond acceptors (Lipinski definition) is 2. The zero-order valence-corrected chi connectivity index (χ0v) is 6.95. The Kier molecular flexibility index (Phi) is 2.63. The van der Waals surface area contributed by atoms with Crippen LogP contribution in [0.15, 0.2) is 29.0 Å². The lowest BCUT2D eigenvalue weighted by molar-refractivity contribution is 0.701. The molecule has 1 aliphatic carbocycles. The van der Waals surface area contributed by atoms with E-state index in [2.05, 4.69) is 19.1 Å². The van der Waals surface area contributed by atoms with Crippen molar-refractivity contribution in [2.45, 2.75) is 25.2 Å². The maximum absolute atomic E-state index is 10.4. The van der Waals surface area contributed by atoms with Gasteiger partial charge in [-0.25, -0.2) is 0 Å². The highest BCUT2D eigenvalue weighted by Gasteiger charge is 2.15. The molecule has 11 heavy (non-hydrogen) atoms. The van der Waals surface area contributed by atoms with E-state index in [0.29, 0.717) is 5.82 Å². The third-order valence-electron chi connectivity index (χ3n) is 2.05. The maximum Gasteiger partial charge on any atom is 0.113 e. The van der Waals surface area contributed by atoms with Gasteiger partial charge >= 0.3 is 0 Å². The fraction of sp³-hybridized carbons (Fsp3) is 0.500. The second-order valence-corrected chi connectivity index (χ2v) is 3.13. The van der Waals surface area contributed by atoms with Crippen LogP contribution < -0.4 is 0 Å². The first kappa shape index (κ1) is 8.24. The summed E-state index contributed by atoms with van der Waals surface area (Å²) in [4.78, 5) is 10.4. The number of allylic oxidation sites excluding steroid dienone is 3. The van der Waals surface area contributed by atoms with E-state index in [9.17, 15) is 4.91 Å². The molecular weight excluding hydrogens is 137 g/mol. The maximum atomic E-state index is 10.4. The molecule has 1 aliphatic rings. The molecule has 0 heterocycles. The summed E-state index contributed by atoms with van der Waals surface area (Å²) in [6.45, 7) is 1.95. The highest BCUT2D eigenvalue weighted by atomic mass is 16.3. The van der Waals surface area contributed by atoms with Gasteiger partial charge in [0.1, 0.15) is 13.9 Å². The molecule has 0 aromatic carbocycles. The summed E-state index contributed by atoms with van der Waals surface area (Å²) < 4.78 is 0. The van der Waals surface area contributed by atoms with Crippen molar-refractivity contribution in [2.75, 3.05) is 0 Å². The van der Waals surface area contributed by atoms with E-state index in [1.54, 1.807) is 0 Å². The van der Waals surface area contributed by atoms with Crippen LogP contribution in [0.3, 0.4) is 0 Å². The summed E-state index contributed by atoms with van der Waals surface area (Å²) in [5.41, 5.74) is 1.07. The summed E-state index contributed by atoms with van der Waals surface area (Å²) in [7, 11) is 2.10. The Morgan fingerprint density at radius 2 is 2.45 bits per heavy atom. The molecule has 2 atom stereocenters. The second-order valence-electron chi connectivity index (χ2n) is 3.13. The standard InChI is InChI=1S/C8H12BNO/c1-6-3-2-4-7(9)5-8(6)10-11/h2-4,7-8H,5,9H2,1H3. The average molecular weight is 149 g/mol. The Labute approximate surface area is 67.8 Å². The minimum Gasteiger partial charge on any atom is -0.150 e. The molecule has 1 rings (SSSR count). The lowest BCUT2D eigenvalue weighted by atomic mass is 9.82. The van der Waals surface area contributed by atoms with Crippen LogP contribution in [0.2, 0.25) is 5.82 Å². The lowest BCUT2D eigenvalue weighted by Crippen LogP contribution is -2.06. The quantitative estimate of drug-likeness (QED) is 0.409. The van der Waals surface area contributed by atoms with Crippen LogP contribution in [0.1, 0.15) is 13.3 Å². The third-order valence-corrected chi connectivity index (χ3v) is 2.05. The number of rotatable bonds is 1. The molecule has 58 valence electrons. The van der Waals surface area contributed by atoms with E-state index in [1.807, 2.05) is 19.1 Å². The molecule has 0 aliphatic heterocycles. The van der Waals surface area contributed by atoms with Gasteiger partial charge in [-0.15, -0.1) is 0 Å². The highest BCUT2D eigenvalue weighted by Crippen LogP contribution is 2.22. The van der Waals surface area contributed by atoms with E-state index in [4.69, 9.17) is 0 Å². The number of nitroso groups, excluding NO2 is 1. The van der Waals surface area contributed by atoms with Crippen molar-refractivity contribution in [1.29, 1.82) is 0 Å². The predicted octanol–water partition coefficient (Wildman–Crippen LogP) is 1.45. The third kappa shape index (κ3) is 2.04. The summed E-state index contributed by atoms with van der Waals surface area (Å²) >= 11 is 0. The van der Waals surface area contributed by atoms with Crippen molar-refractivity contribution in [3.8, 4) is 0 Å². The van der Waals surface area contributed by atoms with Crippen LogP contribution in [-0.4, -0.2) is 13.9 Å². The zero-order valence-electron chi connectivity index (χ0n) is 6.95. The van der Waals surface area contributed by atoms with Crippen molar-refractivity contribution in [3.63, 3.8) is 0 Å². The predicted molar refractivity (Wildman–Crippen MR) is 49.4 cm³/mol. The molecule has 2 unspecified atom stereocenters. The van der Waals surface area contributed by atoms with Crippen LogP contribution in [0, 0.1) is 4.91 Å². The molecular formula is C8H12BNO. The first-order valence-corrected chi connectivity index (χ1v) is 3.91. The summed E-state index contributed by atoms with van der Waals surface area (Å²) in [6, 6.07) is -0.111. The molecule has 0 saturated carbocycles. The van der Waals surface area contributed by atoms with Crippen LogP contribution in [0.25, 0.3) is 0 Å². The minimum absolute atomic E-state index is 0.111. The van der Waals surface area contributed by atoms with Crippen LogP contribution in [-0.2, 0) is 0 Å². The summed E-state index contributed by atoms with van der Waals surface area (Å²) in [6.07, 6.45) is 6.93. The lowest BCUT2D eigenvalue weighted by Gasteiger charge is -2.09. The molecule has 0 radical (unpaired) electrons. The fourth-order valence-corrected chi connectivity index (χ4v) is 1.25. The number of hydrogen-bond donors (Lipinski definition) is 0. The van der Waals surface area contributed by atoms with Gasteiger partial charge in [-0.1, -0.05) is 23.4 Å². The van der Waals surface area contributed by atoms with Crippen LogP contribution in [0.5, 0.6) is 0 Å². The highest BCUT2D eigenvalue weighted by molar-refractivity contribution is 6.13. The molecule has 2 nitrogen and oxygen atoms in total. The normalized spacial score (nSPS) is 30.8. The second kappa shape index (κ2) is 3.51. The van der Waals surface area contributed by atoms with Crippen molar-refractivity contribution in [1.82, 2.24) is 0 Å². The van der Waals surface area contributed by atoms with Gasteiger partial charge in [0.2, 0.25) is 0 Å². The van der Waals surface area contributed by atoms with Gasteiger partial charge in [-0.05, 0) is 24.7 Å². The Morgan fingerprint density at radius 1 is 1.73 bits per heavy atom. The van der Waals surface area contributed by atoms with Gasteiger partial charge in [-0.2, -0.15) is 4.91 Å². The first-order chi connectivity index (χ1) is 5.24.